The number of ether oxygens (including phenoxy) is 1. The van der Waals surface area contributed by atoms with Gasteiger partial charge in [-0.25, -0.2) is 4.79 Å². The number of fused-ring (bicyclic) bond motifs is 1. The Labute approximate surface area is 151 Å². The van der Waals surface area contributed by atoms with Gasteiger partial charge in [0.25, 0.3) is 0 Å². The third kappa shape index (κ3) is 4.33. The van der Waals surface area contributed by atoms with Crippen molar-refractivity contribution in [2.45, 2.75) is 36.0 Å². The van der Waals surface area contributed by atoms with Crippen LogP contribution in [0.3, 0.4) is 0 Å². The highest BCUT2D eigenvalue weighted by Crippen LogP contribution is 2.38. The number of carbonyl (C=O) groups excluding carboxylic acids is 2. The Hall–Kier alpha value is -2.47. The van der Waals surface area contributed by atoms with Gasteiger partial charge in [0.05, 0.1) is 5.69 Å². The van der Waals surface area contributed by atoms with Crippen LogP contribution in [0.15, 0.2) is 59.5 Å². The lowest BCUT2D eigenvalue weighted by Crippen LogP contribution is -2.41. The summed E-state index contributed by atoms with van der Waals surface area (Å²) in [6, 6.07) is 16.7. The van der Waals surface area contributed by atoms with Crippen LogP contribution < -0.4 is 10.6 Å². The number of hydrogen-bond acceptors (Lipinski definition) is 4. The fraction of sp³-hybridized carbons (Fsp3) is 0.263. The van der Waals surface area contributed by atoms with Crippen LogP contribution in [-0.2, 0) is 9.53 Å². The maximum absolute atomic E-state index is 12.5. The van der Waals surface area contributed by atoms with Gasteiger partial charge in [-0.05, 0) is 30.7 Å². The molecular formula is C19H20N2O3S. The molecule has 0 saturated heterocycles. The zero-order valence-electron chi connectivity index (χ0n) is 13.9. The van der Waals surface area contributed by atoms with E-state index in [2.05, 4.69) is 10.6 Å². The largest absolute Gasteiger partial charge is 0.444 e. The predicted molar refractivity (Wildman–Crippen MR) is 100.0 cm³/mol. The van der Waals surface area contributed by atoms with Crippen LogP contribution in [0.5, 0.6) is 0 Å². The Kier molecular flexibility index (Phi) is 5.60. The van der Waals surface area contributed by atoms with Gasteiger partial charge in [-0.2, -0.15) is 0 Å². The fourth-order valence-corrected chi connectivity index (χ4v) is 3.86. The molecule has 0 radical (unpaired) electrons. The highest BCUT2D eigenvalue weighted by atomic mass is 32.2. The number of amides is 2. The van der Waals surface area contributed by atoms with Gasteiger partial charge in [-0.1, -0.05) is 43.7 Å². The van der Waals surface area contributed by atoms with Crippen molar-refractivity contribution < 1.29 is 14.3 Å². The average molecular weight is 356 g/mol. The second kappa shape index (κ2) is 8.07. The summed E-state index contributed by atoms with van der Waals surface area (Å²) >= 11 is 1.44. The molecule has 1 aliphatic rings. The number of anilines is 2. The first-order valence-corrected chi connectivity index (χ1v) is 9.14. The third-order valence-corrected chi connectivity index (χ3v) is 5.23. The Morgan fingerprint density at radius 1 is 1.20 bits per heavy atom. The van der Waals surface area contributed by atoms with Crippen LogP contribution in [0.2, 0.25) is 0 Å². The number of benzene rings is 2. The molecule has 0 fully saturated rings. The van der Waals surface area contributed by atoms with Crippen molar-refractivity contribution in [3.63, 3.8) is 0 Å². The molecule has 25 heavy (non-hydrogen) atoms. The molecular weight excluding hydrogens is 336 g/mol. The monoisotopic (exact) mass is 356 g/mol. The maximum Gasteiger partial charge on any atom is 0.411 e. The SMILES string of the molecule is CCC[C@H](OC(=O)Nc1ccccc1)[C@@H]1Sc2ccccc2NC1=O. The molecule has 0 aliphatic carbocycles. The maximum atomic E-state index is 12.5. The standard InChI is InChI=1S/C19H20N2O3S/c1-2-8-15(24-19(23)20-13-9-4-3-5-10-13)17-18(22)21-14-11-6-7-12-16(14)25-17/h3-7,9-12,15,17H,2,8H2,1H3,(H,20,23)(H,21,22)/t15-,17-/m0/s1. The van der Waals surface area contributed by atoms with Crippen molar-refractivity contribution in [2.24, 2.45) is 0 Å². The summed E-state index contributed by atoms with van der Waals surface area (Å²) in [4.78, 5) is 25.7. The number of nitrogens with one attached hydrogen (secondary N) is 2. The Morgan fingerprint density at radius 2 is 1.92 bits per heavy atom. The van der Waals surface area contributed by atoms with Gasteiger partial charge in [0.2, 0.25) is 5.91 Å². The fourth-order valence-electron chi connectivity index (χ4n) is 2.67. The van der Waals surface area contributed by atoms with Crippen LogP contribution >= 0.6 is 11.8 Å². The molecule has 5 nitrogen and oxygen atoms in total. The molecule has 0 saturated carbocycles. The van der Waals surface area contributed by atoms with E-state index in [0.717, 1.165) is 17.0 Å². The number of thioether (sulfide) groups is 1. The van der Waals surface area contributed by atoms with E-state index in [1.165, 1.54) is 11.8 Å². The topological polar surface area (TPSA) is 67.4 Å². The summed E-state index contributed by atoms with van der Waals surface area (Å²) in [5.41, 5.74) is 1.46. The molecule has 0 aromatic heterocycles. The second-order valence-electron chi connectivity index (χ2n) is 5.75. The van der Waals surface area contributed by atoms with Gasteiger partial charge in [0, 0.05) is 10.6 Å². The molecule has 0 unspecified atom stereocenters. The molecule has 2 aromatic carbocycles. The normalized spacial score (nSPS) is 17.2. The van der Waals surface area contributed by atoms with Crippen molar-refractivity contribution >= 4 is 35.1 Å². The first-order valence-electron chi connectivity index (χ1n) is 8.26. The Balaban J connectivity index is 1.70. The quantitative estimate of drug-likeness (QED) is 0.827. The van der Waals surface area contributed by atoms with E-state index in [0.29, 0.717) is 12.1 Å². The van der Waals surface area contributed by atoms with Gasteiger partial charge in [0.1, 0.15) is 11.4 Å². The van der Waals surface area contributed by atoms with Crippen LogP contribution in [0.4, 0.5) is 16.2 Å². The van der Waals surface area contributed by atoms with Crippen LogP contribution in [0, 0.1) is 0 Å². The first-order chi connectivity index (χ1) is 12.2. The molecule has 3 rings (SSSR count). The number of para-hydroxylation sites is 2. The van der Waals surface area contributed by atoms with Crippen molar-refractivity contribution in [3.05, 3.63) is 54.6 Å². The van der Waals surface area contributed by atoms with Crippen molar-refractivity contribution in [1.82, 2.24) is 0 Å². The molecule has 1 aliphatic heterocycles. The summed E-state index contributed by atoms with van der Waals surface area (Å²) in [6.45, 7) is 2.00. The van der Waals surface area contributed by atoms with Crippen LogP contribution in [0.25, 0.3) is 0 Å². The minimum Gasteiger partial charge on any atom is -0.444 e. The predicted octanol–water partition coefficient (Wildman–Crippen LogP) is 4.52. The number of hydrogen-bond donors (Lipinski definition) is 2. The summed E-state index contributed by atoms with van der Waals surface area (Å²) in [7, 11) is 0. The molecule has 1 heterocycles. The molecule has 2 atom stereocenters. The lowest BCUT2D eigenvalue weighted by molar-refractivity contribution is -0.117. The van der Waals surface area contributed by atoms with Gasteiger partial charge < -0.3 is 10.1 Å². The van der Waals surface area contributed by atoms with Crippen molar-refractivity contribution in [1.29, 1.82) is 0 Å². The third-order valence-electron chi connectivity index (χ3n) is 3.85. The minimum absolute atomic E-state index is 0.130. The molecule has 0 spiro atoms. The lowest BCUT2D eigenvalue weighted by atomic mass is 10.1. The van der Waals surface area contributed by atoms with Gasteiger partial charge in [0.15, 0.2) is 0 Å². The van der Waals surface area contributed by atoms with E-state index < -0.39 is 17.4 Å². The van der Waals surface area contributed by atoms with Crippen LogP contribution in [-0.4, -0.2) is 23.4 Å². The molecule has 130 valence electrons. The van der Waals surface area contributed by atoms with E-state index in [1.54, 1.807) is 12.1 Å². The van der Waals surface area contributed by atoms with Gasteiger partial charge in [-0.3, -0.25) is 10.1 Å². The lowest BCUT2D eigenvalue weighted by Gasteiger charge is -2.30. The highest BCUT2D eigenvalue weighted by Gasteiger charge is 2.35. The van der Waals surface area contributed by atoms with E-state index in [1.807, 2.05) is 49.4 Å². The first kappa shape index (κ1) is 17.4. The van der Waals surface area contributed by atoms with Crippen molar-refractivity contribution in [3.8, 4) is 0 Å². The van der Waals surface area contributed by atoms with E-state index in [4.69, 9.17) is 4.74 Å². The second-order valence-corrected chi connectivity index (χ2v) is 6.93. The zero-order chi connectivity index (χ0) is 17.6. The zero-order valence-corrected chi connectivity index (χ0v) is 14.7. The number of rotatable bonds is 5. The van der Waals surface area contributed by atoms with Crippen LogP contribution in [0.1, 0.15) is 19.8 Å². The molecule has 0 bridgehead atoms. The Morgan fingerprint density at radius 3 is 2.68 bits per heavy atom. The van der Waals surface area contributed by atoms with E-state index in [-0.39, 0.29) is 5.91 Å². The van der Waals surface area contributed by atoms with Crippen molar-refractivity contribution in [2.75, 3.05) is 10.6 Å². The highest BCUT2D eigenvalue weighted by molar-refractivity contribution is 8.01. The summed E-state index contributed by atoms with van der Waals surface area (Å²) in [6.07, 6.45) is 0.397. The molecule has 6 heteroatoms. The summed E-state index contributed by atoms with van der Waals surface area (Å²) < 4.78 is 5.59. The van der Waals surface area contributed by atoms with Gasteiger partial charge in [-0.15, -0.1) is 11.8 Å². The molecule has 2 amide bonds. The summed E-state index contributed by atoms with van der Waals surface area (Å²) in [5.74, 6) is -0.130. The molecule has 2 aromatic rings. The number of carbonyl (C=O) groups is 2. The van der Waals surface area contributed by atoms with E-state index in [9.17, 15) is 9.59 Å². The Bertz CT molecular complexity index is 751. The minimum atomic E-state index is -0.545. The smallest absolute Gasteiger partial charge is 0.411 e. The van der Waals surface area contributed by atoms with E-state index >= 15 is 0 Å². The molecule has 2 N–H and O–H groups in total. The summed E-state index contributed by atoms with van der Waals surface area (Å²) in [5, 5.41) is 5.14. The van der Waals surface area contributed by atoms with Gasteiger partial charge >= 0.3 is 6.09 Å². The average Bonchev–Trinajstić information content (AvgIpc) is 2.61.